The van der Waals surface area contributed by atoms with E-state index in [9.17, 15) is 0 Å². The summed E-state index contributed by atoms with van der Waals surface area (Å²) in [6.07, 6.45) is 14.6. The van der Waals surface area contributed by atoms with Crippen LogP contribution in [0.5, 0.6) is 0 Å². The molecule has 0 aliphatic rings. The predicted molar refractivity (Wildman–Crippen MR) is 89.4 cm³/mol. The number of hydrogen-bond acceptors (Lipinski definition) is 0. The van der Waals surface area contributed by atoms with Gasteiger partial charge in [-0.15, -0.1) is 0 Å². The first kappa shape index (κ1) is 18.2. The highest BCUT2D eigenvalue weighted by atomic mass is 14.2. The molecular weight excluding hydrogens is 228 g/mol. The van der Waals surface area contributed by atoms with Gasteiger partial charge in [-0.05, 0) is 31.6 Å². The van der Waals surface area contributed by atoms with Crippen LogP contribution < -0.4 is 0 Å². The van der Waals surface area contributed by atoms with Gasteiger partial charge in [0.1, 0.15) is 0 Å². The second kappa shape index (κ2) is 11.1. The monoisotopic (exact) mass is 262 g/mol. The molecule has 0 heteroatoms. The third-order valence-corrected chi connectivity index (χ3v) is 3.88. The first-order valence-corrected chi connectivity index (χ1v) is 8.09. The fraction of sp³-hybridized carbons (Fsp3) is 0.684. The number of unbranched alkanes of at least 4 members (excludes halogenated alkanes) is 1. The Balaban J connectivity index is 4.47. The average Bonchev–Trinajstić information content (AvgIpc) is 2.40. The van der Waals surface area contributed by atoms with E-state index in [4.69, 9.17) is 0 Å². The van der Waals surface area contributed by atoms with Crippen LogP contribution in [0, 0.1) is 11.8 Å². The second-order valence-electron chi connectivity index (χ2n) is 5.81. The maximum atomic E-state index is 4.04. The van der Waals surface area contributed by atoms with Crippen LogP contribution in [-0.4, -0.2) is 0 Å². The molecule has 0 bridgehead atoms. The lowest BCUT2D eigenvalue weighted by Gasteiger charge is -2.20. The van der Waals surface area contributed by atoms with Gasteiger partial charge in [0, 0.05) is 0 Å². The molecule has 0 rings (SSSR count). The minimum Gasteiger partial charge on any atom is -0.0958 e. The third-order valence-electron chi connectivity index (χ3n) is 3.88. The zero-order valence-electron chi connectivity index (χ0n) is 13.8. The van der Waals surface area contributed by atoms with Crippen LogP contribution >= 0.6 is 0 Å². The molecule has 0 spiro atoms. The standard InChI is InChI=1S/C19H34/c1-7-10-12-19(11-8-2)18(6)14-13-17(5)15-16(4)9-3/h13-15,18-19H,4,7-12H2,1-3,5-6H3/b14-13-,17-15-. The molecule has 110 valence electrons. The number of allylic oxidation sites excluding steroid dienone is 5. The number of rotatable bonds is 10. The van der Waals surface area contributed by atoms with E-state index < -0.39 is 0 Å². The van der Waals surface area contributed by atoms with E-state index in [-0.39, 0.29) is 0 Å². The molecule has 19 heavy (non-hydrogen) atoms. The predicted octanol–water partition coefficient (Wildman–Crippen LogP) is 6.70. The fourth-order valence-electron chi connectivity index (χ4n) is 2.44. The Labute approximate surface area is 121 Å². The van der Waals surface area contributed by atoms with Crippen LogP contribution in [0.1, 0.15) is 73.1 Å². The van der Waals surface area contributed by atoms with Crippen molar-refractivity contribution in [3.8, 4) is 0 Å². The number of hydrogen-bond donors (Lipinski definition) is 0. The van der Waals surface area contributed by atoms with Crippen molar-refractivity contribution in [3.05, 3.63) is 36.0 Å². The molecule has 0 aliphatic heterocycles. The second-order valence-corrected chi connectivity index (χ2v) is 5.81. The molecule has 0 aromatic rings. The zero-order chi connectivity index (χ0) is 14.7. The average molecular weight is 262 g/mol. The molecule has 0 aromatic heterocycles. The smallest absolute Gasteiger partial charge is 0.0230 e. The van der Waals surface area contributed by atoms with Crippen molar-refractivity contribution in [3.63, 3.8) is 0 Å². The van der Waals surface area contributed by atoms with E-state index in [1.165, 1.54) is 43.3 Å². The summed E-state index contributed by atoms with van der Waals surface area (Å²) in [5.74, 6) is 1.54. The topological polar surface area (TPSA) is 0 Å². The van der Waals surface area contributed by atoms with E-state index >= 15 is 0 Å². The summed E-state index contributed by atoms with van der Waals surface area (Å²) in [7, 11) is 0. The summed E-state index contributed by atoms with van der Waals surface area (Å²) < 4.78 is 0. The summed E-state index contributed by atoms with van der Waals surface area (Å²) in [6, 6.07) is 0. The molecule has 0 aromatic carbocycles. The molecule has 0 nitrogen and oxygen atoms in total. The van der Waals surface area contributed by atoms with Crippen molar-refractivity contribution in [1.29, 1.82) is 0 Å². The largest absolute Gasteiger partial charge is 0.0958 e. The Bertz CT molecular complexity index is 293. The lowest BCUT2D eigenvalue weighted by atomic mass is 9.85. The van der Waals surface area contributed by atoms with Crippen LogP contribution in [0.25, 0.3) is 0 Å². The van der Waals surface area contributed by atoms with Crippen LogP contribution in [-0.2, 0) is 0 Å². The van der Waals surface area contributed by atoms with Gasteiger partial charge in [0.05, 0.1) is 0 Å². The Morgan fingerprint density at radius 1 is 1.11 bits per heavy atom. The minimum absolute atomic E-state index is 0.685. The Morgan fingerprint density at radius 2 is 1.79 bits per heavy atom. The Morgan fingerprint density at radius 3 is 2.32 bits per heavy atom. The van der Waals surface area contributed by atoms with Gasteiger partial charge >= 0.3 is 0 Å². The minimum atomic E-state index is 0.685. The fourth-order valence-corrected chi connectivity index (χ4v) is 2.44. The zero-order valence-corrected chi connectivity index (χ0v) is 13.8. The molecule has 0 aliphatic carbocycles. The molecule has 2 unspecified atom stereocenters. The lowest BCUT2D eigenvalue weighted by Crippen LogP contribution is -2.09. The van der Waals surface area contributed by atoms with Gasteiger partial charge in [-0.25, -0.2) is 0 Å². The van der Waals surface area contributed by atoms with Crippen molar-refractivity contribution < 1.29 is 0 Å². The molecule has 0 saturated carbocycles. The van der Waals surface area contributed by atoms with Crippen LogP contribution in [0.4, 0.5) is 0 Å². The first-order chi connectivity index (χ1) is 9.04. The lowest BCUT2D eigenvalue weighted by molar-refractivity contribution is 0.352. The van der Waals surface area contributed by atoms with Crippen molar-refractivity contribution in [2.75, 3.05) is 0 Å². The maximum Gasteiger partial charge on any atom is -0.0230 e. The summed E-state index contributed by atoms with van der Waals surface area (Å²) >= 11 is 0. The van der Waals surface area contributed by atoms with Gasteiger partial charge in [-0.3, -0.25) is 0 Å². The summed E-state index contributed by atoms with van der Waals surface area (Å²) in [5, 5.41) is 0. The van der Waals surface area contributed by atoms with Gasteiger partial charge < -0.3 is 0 Å². The van der Waals surface area contributed by atoms with Crippen LogP contribution in [0.2, 0.25) is 0 Å². The molecule has 0 amide bonds. The SMILES string of the molecule is C=C(/C=C(C)\C=C/C(C)C(CCC)CCCC)CC. The van der Waals surface area contributed by atoms with Gasteiger partial charge in [-0.1, -0.05) is 89.3 Å². The highest BCUT2D eigenvalue weighted by Gasteiger charge is 2.13. The summed E-state index contributed by atoms with van der Waals surface area (Å²) in [5.41, 5.74) is 2.54. The van der Waals surface area contributed by atoms with E-state index in [1.807, 2.05) is 0 Å². The van der Waals surface area contributed by atoms with Crippen LogP contribution in [0.3, 0.4) is 0 Å². The summed E-state index contributed by atoms with van der Waals surface area (Å²) in [4.78, 5) is 0. The normalized spacial score (nSPS) is 15.7. The molecule has 0 N–H and O–H groups in total. The van der Waals surface area contributed by atoms with Gasteiger partial charge in [0.2, 0.25) is 0 Å². The van der Waals surface area contributed by atoms with Crippen molar-refractivity contribution in [1.82, 2.24) is 0 Å². The van der Waals surface area contributed by atoms with E-state index in [0.717, 1.165) is 12.3 Å². The maximum absolute atomic E-state index is 4.04. The van der Waals surface area contributed by atoms with Crippen molar-refractivity contribution >= 4 is 0 Å². The van der Waals surface area contributed by atoms with E-state index in [0.29, 0.717) is 5.92 Å². The first-order valence-electron chi connectivity index (χ1n) is 8.09. The Hall–Kier alpha value is -0.780. The van der Waals surface area contributed by atoms with Gasteiger partial charge in [0.15, 0.2) is 0 Å². The van der Waals surface area contributed by atoms with E-state index in [1.54, 1.807) is 0 Å². The third kappa shape index (κ3) is 8.86. The molecule has 0 fully saturated rings. The Kier molecular flexibility index (Phi) is 10.6. The van der Waals surface area contributed by atoms with Crippen molar-refractivity contribution in [2.24, 2.45) is 11.8 Å². The molecule has 2 atom stereocenters. The molecule has 0 radical (unpaired) electrons. The highest BCUT2D eigenvalue weighted by Crippen LogP contribution is 2.25. The van der Waals surface area contributed by atoms with Gasteiger partial charge in [0.25, 0.3) is 0 Å². The summed E-state index contributed by atoms with van der Waals surface area (Å²) in [6.45, 7) is 15.3. The van der Waals surface area contributed by atoms with E-state index in [2.05, 4.69) is 59.4 Å². The molecule has 0 heterocycles. The highest BCUT2D eigenvalue weighted by molar-refractivity contribution is 5.26. The van der Waals surface area contributed by atoms with Crippen molar-refractivity contribution in [2.45, 2.75) is 73.1 Å². The van der Waals surface area contributed by atoms with Crippen LogP contribution in [0.15, 0.2) is 36.0 Å². The van der Waals surface area contributed by atoms with Gasteiger partial charge in [-0.2, -0.15) is 0 Å². The molecular formula is C19H34. The molecule has 0 saturated heterocycles. The quantitative estimate of drug-likeness (QED) is 0.384.